The van der Waals surface area contributed by atoms with Crippen LogP contribution in [0.3, 0.4) is 0 Å². The van der Waals surface area contributed by atoms with Gasteiger partial charge in [-0.25, -0.2) is 0 Å². The molecule has 0 bridgehead atoms. The van der Waals surface area contributed by atoms with E-state index >= 15 is 0 Å². The highest BCUT2D eigenvalue weighted by atomic mass is 14.7. The lowest BCUT2D eigenvalue weighted by atomic mass is 9.88. The molecule has 4 rings (SSSR count). The van der Waals surface area contributed by atoms with Crippen LogP contribution in [0.5, 0.6) is 0 Å². The summed E-state index contributed by atoms with van der Waals surface area (Å²) in [5.41, 5.74) is 9.63. The Bertz CT molecular complexity index is 1160. The minimum absolute atomic E-state index is 0.669. The van der Waals surface area contributed by atoms with E-state index in [2.05, 4.69) is 73.4 Å². The van der Waals surface area contributed by atoms with E-state index in [1.165, 1.54) is 16.7 Å². The van der Waals surface area contributed by atoms with E-state index in [0.29, 0.717) is 5.56 Å². The van der Waals surface area contributed by atoms with Crippen LogP contribution in [0.4, 0.5) is 0 Å². The van der Waals surface area contributed by atoms with Crippen LogP contribution < -0.4 is 0 Å². The van der Waals surface area contributed by atoms with Gasteiger partial charge in [-0.05, 0) is 77.6 Å². The van der Waals surface area contributed by atoms with Crippen LogP contribution in [-0.4, -0.2) is 4.98 Å². The third kappa shape index (κ3) is 3.31. The summed E-state index contributed by atoms with van der Waals surface area (Å²) in [7, 11) is 0. The SMILES string of the molecule is Cc1cccc(C)c1-c1cc(C#N)ccc1-c1cccc(-c2ccccn2)c1. The molecule has 1 heterocycles. The van der Waals surface area contributed by atoms with Gasteiger partial charge in [-0.1, -0.05) is 48.5 Å². The zero-order valence-corrected chi connectivity index (χ0v) is 16.0. The first-order valence-electron chi connectivity index (χ1n) is 9.30. The van der Waals surface area contributed by atoms with Gasteiger partial charge in [-0.15, -0.1) is 0 Å². The third-order valence-corrected chi connectivity index (χ3v) is 5.03. The molecule has 0 unspecified atom stereocenters. The third-order valence-electron chi connectivity index (χ3n) is 5.03. The van der Waals surface area contributed by atoms with Crippen LogP contribution >= 0.6 is 0 Å². The van der Waals surface area contributed by atoms with Gasteiger partial charge in [-0.3, -0.25) is 4.98 Å². The number of aromatic nitrogens is 1. The van der Waals surface area contributed by atoms with E-state index in [9.17, 15) is 5.26 Å². The van der Waals surface area contributed by atoms with Crippen molar-refractivity contribution in [2.24, 2.45) is 0 Å². The van der Waals surface area contributed by atoms with Crippen LogP contribution in [0, 0.1) is 25.2 Å². The van der Waals surface area contributed by atoms with Crippen LogP contribution in [0.25, 0.3) is 33.5 Å². The molecule has 0 aliphatic rings. The summed E-state index contributed by atoms with van der Waals surface area (Å²) >= 11 is 0. The maximum absolute atomic E-state index is 9.44. The van der Waals surface area contributed by atoms with E-state index < -0.39 is 0 Å². The molecule has 28 heavy (non-hydrogen) atoms. The summed E-state index contributed by atoms with van der Waals surface area (Å²) in [5, 5.41) is 9.44. The van der Waals surface area contributed by atoms with Gasteiger partial charge in [0.05, 0.1) is 17.3 Å². The highest BCUT2D eigenvalue weighted by molar-refractivity contribution is 5.88. The number of nitriles is 1. The van der Waals surface area contributed by atoms with Crippen LogP contribution in [0.1, 0.15) is 16.7 Å². The summed E-state index contributed by atoms with van der Waals surface area (Å²) in [6.07, 6.45) is 1.81. The molecule has 0 radical (unpaired) electrons. The van der Waals surface area contributed by atoms with Crippen molar-refractivity contribution in [3.05, 3.63) is 102 Å². The second kappa shape index (κ2) is 7.50. The molecule has 0 N–H and O–H groups in total. The number of hydrogen-bond acceptors (Lipinski definition) is 2. The Morgan fingerprint density at radius 2 is 1.46 bits per heavy atom. The minimum atomic E-state index is 0.669. The highest BCUT2D eigenvalue weighted by Gasteiger charge is 2.13. The zero-order valence-electron chi connectivity index (χ0n) is 16.0. The molecule has 0 aliphatic heterocycles. The predicted molar refractivity (Wildman–Crippen MR) is 115 cm³/mol. The van der Waals surface area contributed by atoms with Crippen LogP contribution in [-0.2, 0) is 0 Å². The summed E-state index contributed by atoms with van der Waals surface area (Å²) in [5.74, 6) is 0. The normalized spacial score (nSPS) is 10.5. The van der Waals surface area contributed by atoms with E-state index in [1.807, 2.05) is 36.5 Å². The van der Waals surface area contributed by atoms with Gasteiger partial charge in [0, 0.05) is 11.8 Å². The average Bonchev–Trinajstić information content (AvgIpc) is 2.74. The lowest BCUT2D eigenvalue weighted by Gasteiger charge is -2.16. The number of hydrogen-bond donors (Lipinski definition) is 0. The number of aryl methyl sites for hydroxylation is 2. The van der Waals surface area contributed by atoms with E-state index in [0.717, 1.165) is 27.9 Å². The number of rotatable bonds is 3. The van der Waals surface area contributed by atoms with Crippen molar-refractivity contribution in [3.63, 3.8) is 0 Å². The molecule has 134 valence electrons. The monoisotopic (exact) mass is 360 g/mol. The molecule has 0 atom stereocenters. The topological polar surface area (TPSA) is 36.7 Å². The number of benzene rings is 3. The molecule has 0 saturated heterocycles. The Morgan fingerprint density at radius 3 is 2.18 bits per heavy atom. The summed E-state index contributed by atoms with van der Waals surface area (Å²) in [6, 6.07) is 28.9. The van der Waals surface area contributed by atoms with Gasteiger partial charge in [0.25, 0.3) is 0 Å². The maximum atomic E-state index is 9.44. The standard InChI is InChI=1S/C26H20N2/c1-18-7-5-8-19(2)26(18)24-15-20(17-27)12-13-23(24)21-9-6-10-22(16-21)25-11-3-4-14-28-25/h3-16H,1-2H3. The van der Waals surface area contributed by atoms with Crippen molar-refractivity contribution in [2.75, 3.05) is 0 Å². The molecule has 0 amide bonds. The quantitative estimate of drug-likeness (QED) is 0.414. The smallest absolute Gasteiger partial charge is 0.0991 e. The van der Waals surface area contributed by atoms with Gasteiger partial charge in [0.1, 0.15) is 0 Å². The first-order valence-corrected chi connectivity index (χ1v) is 9.30. The van der Waals surface area contributed by atoms with E-state index in [-0.39, 0.29) is 0 Å². The molecule has 0 spiro atoms. The minimum Gasteiger partial charge on any atom is -0.256 e. The molecular formula is C26H20N2. The fraction of sp³-hybridized carbons (Fsp3) is 0.0769. The fourth-order valence-corrected chi connectivity index (χ4v) is 3.69. The van der Waals surface area contributed by atoms with Crippen molar-refractivity contribution in [2.45, 2.75) is 13.8 Å². The van der Waals surface area contributed by atoms with Gasteiger partial charge in [-0.2, -0.15) is 5.26 Å². The molecule has 2 nitrogen and oxygen atoms in total. The Balaban J connectivity index is 1.94. The molecule has 2 heteroatoms. The fourth-order valence-electron chi connectivity index (χ4n) is 3.69. The lowest BCUT2D eigenvalue weighted by Crippen LogP contribution is -1.93. The van der Waals surface area contributed by atoms with Crippen molar-refractivity contribution >= 4 is 0 Å². The van der Waals surface area contributed by atoms with E-state index in [4.69, 9.17) is 0 Å². The van der Waals surface area contributed by atoms with Crippen LogP contribution in [0.2, 0.25) is 0 Å². The van der Waals surface area contributed by atoms with Gasteiger partial charge < -0.3 is 0 Å². The Morgan fingerprint density at radius 1 is 0.714 bits per heavy atom. The average molecular weight is 360 g/mol. The first kappa shape index (κ1) is 17.7. The highest BCUT2D eigenvalue weighted by Crippen LogP contribution is 2.37. The predicted octanol–water partition coefficient (Wildman–Crippen LogP) is 6.57. The Kier molecular flexibility index (Phi) is 4.74. The number of nitrogens with zero attached hydrogens (tertiary/aromatic N) is 2. The number of pyridine rings is 1. The largest absolute Gasteiger partial charge is 0.256 e. The molecule has 0 fully saturated rings. The van der Waals surface area contributed by atoms with Crippen molar-refractivity contribution in [3.8, 4) is 39.6 Å². The lowest BCUT2D eigenvalue weighted by molar-refractivity contribution is 1.33. The Hall–Kier alpha value is -3.70. The Labute approximate surface area is 165 Å². The molecule has 1 aromatic heterocycles. The van der Waals surface area contributed by atoms with Gasteiger partial charge >= 0.3 is 0 Å². The first-order chi connectivity index (χ1) is 13.7. The molecule has 4 aromatic rings. The second-order valence-electron chi connectivity index (χ2n) is 6.93. The summed E-state index contributed by atoms with van der Waals surface area (Å²) in [6.45, 7) is 4.24. The van der Waals surface area contributed by atoms with Crippen LogP contribution in [0.15, 0.2) is 85.1 Å². The van der Waals surface area contributed by atoms with Crippen molar-refractivity contribution in [1.29, 1.82) is 5.26 Å². The zero-order chi connectivity index (χ0) is 19.5. The summed E-state index contributed by atoms with van der Waals surface area (Å²) in [4.78, 5) is 4.48. The summed E-state index contributed by atoms with van der Waals surface area (Å²) < 4.78 is 0. The molecular weight excluding hydrogens is 340 g/mol. The molecule has 0 saturated carbocycles. The second-order valence-corrected chi connectivity index (χ2v) is 6.93. The van der Waals surface area contributed by atoms with E-state index in [1.54, 1.807) is 0 Å². The van der Waals surface area contributed by atoms with Crippen molar-refractivity contribution < 1.29 is 0 Å². The molecule has 0 aliphatic carbocycles. The van der Waals surface area contributed by atoms with Crippen molar-refractivity contribution in [1.82, 2.24) is 4.98 Å². The van der Waals surface area contributed by atoms with Gasteiger partial charge in [0.2, 0.25) is 0 Å². The van der Waals surface area contributed by atoms with Gasteiger partial charge in [0.15, 0.2) is 0 Å². The maximum Gasteiger partial charge on any atom is 0.0991 e. The molecule has 3 aromatic carbocycles.